The number of hydrogen-bond donors (Lipinski definition) is 0. The van der Waals surface area contributed by atoms with E-state index in [0.717, 1.165) is 16.6 Å². The second-order valence-electron chi connectivity index (χ2n) is 2.83. The molecule has 0 amide bonds. The average molecular weight is 186 g/mol. The maximum Gasteiger partial charge on any atom is 0.232 e. The number of hydrogen-bond acceptors (Lipinski definition) is 3. The van der Waals surface area contributed by atoms with E-state index < -0.39 is 0 Å². The molecule has 1 heterocycles. The lowest BCUT2D eigenvalue weighted by Crippen LogP contribution is -1.91. The lowest BCUT2D eigenvalue weighted by Gasteiger charge is -2.02. The Kier molecular flexibility index (Phi) is 2.14. The van der Waals surface area contributed by atoms with Crippen molar-refractivity contribution in [3.8, 4) is 5.88 Å². The summed E-state index contributed by atoms with van der Waals surface area (Å²) >= 11 is 0. The molecule has 3 heteroatoms. The Morgan fingerprint density at radius 2 is 2.29 bits per heavy atom. The van der Waals surface area contributed by atoms with Crippen molar-refractivity contribution < 1.29 is 4.74 Å². The SMILES string of the molecule is C=Cc1cccc2ncc(OC)nc12. The van der Waals surface area contributed by atoms with E-state index in [1.807, 2.05) is 18.2 Å². The second kappa shape index (κ2) is 3.46. The summed E-state index contributed by atoms with van der Waals surface area (Å²) in [5.41, 5.74) is 2.64. The zero-order valence-electron chi connectivity index (χ0n) is 7.90. The first-order chi connectivity index (χ1) is 6.85. The Labute approximate surface area is 82.1 Å². The van der Waals surface area contributed by atoms with Crippen molar-refractivity contribution in [2.24, 2.45) is 0 Å². The highest BCUT2D eigenvalue weighted by atomic mass is 16.5. The Morgan fingerprint density at radius 3 is 3.00 bits per heavy atom. The van der Waals surface area contributed by atoms with Crippen molar-refractivity contribution in [3.63, 3.8) is 0 Å². The van der Waals surface area contributed by atoms with Crippen molar-refractivity contribution in [1.29, 1.82) is 0 Å². The summed E-state index contributed by atoms with van der Waals surface area (Å²) in [5.74, 6) is 0.520. The summed E-state index contributed by atoms with van der Waals surface area (Å²) in [5, 5.41) is 0. The van der Waals surface area contributed by atoms with Gasteiger partial charge in [-0.15, -0.1) is 0 Å². The molecular weight excluding hydrogens is 176 g/mol. The molecule has 14 heavy (non-hydrogen) atoms. The molecule has 1 aromatic carbocycles. The third kappa shape index (κ3) is 1.33. The zero-order valence-corrected chi connectivity index (χ0v) is 7.90. The molecule has 70 valence electrons. The first-order valence-electron chi connectivity index (χ1n) is 4.27. The molecule has 3 nitrogen and oxygen atoms in total. The van der Waals surface area contributed by atoms with Gasteiger partial charge in [0.05, 0.1) is 24.3 Å². The molecule has 0 unspecified atom stereocenters. The van der Waals surface area contributed by atoms with E-state index in [-0.39, 0.29) is 0 Å². The van der Waals surface area contributed by atoms with E-state index in [4.69, 9.17) is 4.74 Å². The van der Waals surface area contributed by atoms with Crippen LogP contribution in [0.5, 0.6) is 5.88 Å². The Balaban J connectivity index is 2.76. The highest BCUT2D eigenvalue weighted by Crippen LogP contribution is 2.18. The van der Waals surface area contributed by atoms with Crippen LogP contribution in [0.4, 0.5) is 0 Å². The van der Waals surface area contributed by atoms with Crippen molar-refractivity contribution in [1.82, 2.24) is 9.97 Å². The monoisotopic (exact) mass is 186 g/mol. The Hall–Kier alpha value is -1.90. The standard InChI is InChI=1S/C11H10N2O/c1-3-8-5-4-6-9-11(8)13-10(14-2)7-12-9/h3-7H,1H2,2H3. The number of ether oxygens (including phenoxy) is 1. The lowest BCUT2D eigenvalue weighted by atomic mass is 10.2. The predicted molar refractivity (Wildman–Crippen MR) is 56.2 cm³/mol. The highest BCUT2D eigenvalue weighted by molar-refractivity contribution is 5.84. The molecule has 0 saturated heterocycles. The topological polar surface area (TPSA) is 35.0 Å². The maximum absolute atomic E-state index is 5.01. The van der Waals surface area contributed by atoms with E-state index >= 15 is 0 Å². The van der Waals surface area contributed by atoms with Gasteiger partial charge in [-0.1, -0.05) is 24.8 Å². The molecule has 0 radical (unpaired) electrons. The van der Waals surface area contributed by atoms with Gasteiger partial charge in [-0.2, -0.15) is 0 Å². The lowest BCUT2D eigenvalue weighted by molar-refractivity contribution is 0.397. The molecule has 0 saturated carbocycles. The van der Waals surface area contributed by atoms with E-state index in [2.05, 4.69) is 16.5 Å². The molecule has 0 spiro atoms. The van der Waals surface area contributed by atoms with Crippen LogP contribution in [-0.4, -0.2) is 17.1 Å². The summed E-state index contributed by atoms with van der Waals surface area (Å²) in [7, 11) is 1.58. The van der Waals surface area contributed by atoms with Crippen LogP contribution in [0.2, 0.25) is 0 Å². The predicted octanol–water partition coefficient (Wildman–Crippen LogP) is 2.28. The third-order valence-corrected chi connectivity index (χ3v) is 2.01. The van der Waals surface area contributed by atoms with Gasteiger partial charge in [-0.05, 0) is 6.07 Å². The summed E-state index contributed by atoms with van der Waals surface area (Å²) in [6, 6.07) is 5.79. The second-order valence-corrected chi connectivity index (χ2v) is 2.83. The van der Waals surface area contributed by atoms with Crippen LogP contribution in [0.15, 0.2) is 31.0 Å². The minimum Gasteiger partial charge on any atom is -0.480 e. The molecule has 1 aromatic heterocycles. The smallest absolute Gasteiger partial charge is 0.232 e. The fourth-order valence-electron chi connectivity index (χ4n) is 1.30. The van der Waals surface area contributed by atoms with Crippen LogP contribution in [0, 0.1) is 0 Å². The van der Waals surface area contributed by atoms with Crippen LogP contribution in [0.25, 0.3) is 17.1 Å². The number of fused-ring (bicyclic) bond motifs is 1. The summed E-state index contributed by atoms with van der Waals surface area (Å²) in [6.45, 7) is 3.73. The van der Waals surface area contributed by atoms with Crippen LogP contribution < -0.4 is 4.74 Å². The molecule has 2 rings (SSSR count). The molecule has 0 fully saturated rings. The van der Waals surface area contributed by atoms with Gasteiger partial charge >= 0.3 is 0 Å². The van der Waals surface area contributed by atoms with E-state index in [1.54, 1.807) is 19.4 Å². The number of methoxy groups -OCH3 is 1. The maximum atomic E-state index is 5.01. The van der Waals surface area contributed by atoms with Gasteiger partial charge in [0, 0.05) is 5.56 Å². The summed E-state index contributed by atoms with van der Waals surface area (Å²) in [4.78, 5) is 8.53. The fraction of sp³-hybridized carbons (Fsp3) is 0.0909. The van der Waals surface area contributed by atoms with Crippen molar-refractivity contribution in [3.05, 3.63) is 36.5 Å². The Bertz CT molecular complexity index is 480. The minimum atomic E-state index is 0.520. The average Bonchev–Trinajstić information content (AvgIpc) is 2.27. The Morgan fingerprint density at radius 1 is 1.43 bits per heavy atom. The van der Waals surface area contributed by atoms with Crippen LogP contribution in [0.3, 0.4) is 0 Å². The molecule has 0 aliphatic carbocycles. The number of benzene rings is 1. The van der Waals surface area contributed by atoms with Gasteiger partial charge in [0.1, 0.15) is 0 Å². The number of para-hydroxylation sites is 1. The van der Waals surface area contributed by atoms with Crippen LogP contribution in [0.1, 0.15) is 5.56 Å². The largest absolute Gasteiger partial charge is 0.480 e. The molecule has 2 aromatic rings. The molecule has 0 aliphatic rings. The molecule has 0 atom stereocenters. The highest BCUT2D eigenvalue weighted by Gasteiger charge is 2.02. The van der Waals surface area contributed by atoms with Crippen LogP contribution >= 0.6 is 0 Å². The quantitative estimate of drug-likeness (QED) is 0.721. The van der Waals surface area contributed by atoms with E-state index in [0.29, 0.717) is 5.88 Å². The summed E-state index contributed by atoms with van der Waals surface area (Å²) in [6.07, 6.45) is 3.37. The molecule has 0 aliphatic heterocycles. The first-order valence-corrected chi connectivity index (χ1v) is 4.27. The van der Waals surface area contributed by atoms with Crippen molar-refractivity contribution >= 4 is 17.1 Å². The van der Waals surface area contributed by atoms with Crippen LogP contribution in [-0.2, 0) is 0 Å². The van der Waals surface area contributed by atoms with E-state index in [1.165, 1.54) is 0 Å². The van der Waals surface area contributed by atoms with Gasteiger partial charge in [-0.3, -0.25) is 0 Å². The van der Waals surface area contributed by atoms with Gasteiger partial charge < -0.3 is 4.74 Å². The molecular formula is C11H10N2O. The normalized spacial score (nSPS) is 10.1. The molecule has 0 bridgehead atoms. The fourth-order valence-corrected chi connectivity index (χ4v) is 1.30. The van der Waals surface area contributed by atoms with Gasteiger partial charge in [0.15, 0.2) is 0 Å². The van der Waals surface area contributed by atoms with E-state index in [9.17, 15) is 0 Å². The molecule has 0 N–H and O–H groups in total. The summed E-state index contributed by atoms with van der Waals surface area (Å²) < 4.78 is 5.01. The zero-order chi connectivity index (χ0) is 9.97. The number of nitrogens with zero attached hydrogens (tertiary/aromatic N) is 2. The number of rotatable bonds is 2. The van der Waals surface area contributed by atoms with Gasteiger partial charge in [-0.25, -0.2) is 9.97 Å². The van der Waals surface area contributed by atoms with Gasteiger partial charge in [0.25, 0.3) is 0 Å². The van der Waals surface area contributed by atoms with Gasteiger partial charge in [0.2, 0.25) is 5.88 Å². The minimum absolute atomic E-state index is 0.520. The van der Waals surface area contributed by atoms with Crippen molar-refractivity contribution in [2.75, 3.05) is 7.11 Å². The van der Waals surface area contributed by atoms with Crippen molar-refractivity contribution in [2.45, 2.75) is 0 Å². The first kappa shape index (κ1) is 8.69. The third-order valence-electron chi connectivity index (χ3n) is 2.01. The number of aromatic nitrogens is 2.